The maximum Gasteiger partial charge on any atom is 0.416 e. The van der Waals surface area contributed by atoms with E-state index < -0.39 is 17.8 Å². The number of aryl methyl sites for hydroxylation is 1. The van der Waals surface area contributed by atoms with Crippen molar-refractivity contribution in [2.24, 2.45) is 7.05 Å². The molecule has 0 unspecified atom stereocenters. The van der Waals surface area contributed by atoms with E-state index >= 15 is 0 Å². The first kappa shape index (κ1) is 22.6. The number of alkyl halides is 3. The average molecular weight is 473 g/mol. The number of fused-ring (bicyclic) bond motifs is 1. The molecule has 2 aromatic heterocycles. The van der Waals surface area contributed by atoms with Gasteiger partial charge in [-0.3, -0.25) is 0 Å². The summed E-state index contributed by atoms with van der Waals surface area (Å²) in [5.74, 6) is 2.15. The fourth-order valence-electron chi connectivity index (χ4n) is 4.63. The molecular formula is C24H27F3N6O. The molecule has 2 N–H and O–H groups in total. The van der Waals surface area contributed by atoms with Gasteiger partial charge in [0.2, 0.25) is 0 Å². The Morgan fingerprint density at radius 3 is 2.68 bits per heavy atom. The van der Waals surface area contributed by atoms with Crippen LogP contribution in [-0.2, 0) is 32.7 Å². The zero-order chi connectivity index (χ0) is 24.0. The molecule has 1 aromatic carbocycles. The van der Waals surface area contributed by atoms with E-state index in [2.05, 4.69) is 22.4 Å². The van der Waals surface area contributed by atoms with Crippen LogP contribution in [0.3, 0.4) is 0 Å². The number of aliphatic hydroxyl groups excluding tert-OH is 1. The number of rotatable bonds is 6. The lowest BCUT2D eigenvalue weighted by atomic mass is 9.89. The Morgan fingerprint density at radius 1 is 1.21 bits per heavy atom. The van der Waals surface area contributed by atoms with Crippen molar-refractivity contribution in [2.75, 3.05) is 10.2 Å². The van der Waals surface area contributed by atoms with Gasteiger partial charge < -0.3 is 19.9 Å². The number of aromatic nitrogens is 4. The molecule has 3 heterocycles. The summed E-state index contributed by atoms with van der Waals surface area (Å²) in [7, 11) is 1.89. The second-order valence-corrected chi connectivity index (χ2v) is 9.30. The van der Waals surface area contributed by atoms with E-state index in [1.807, 2.05) is 28.6 Å². The standard InChI is InChI=1S/C24H27F3N6O/c1-14(8-23-31-28-13-32(23)2)16-9-21(29-19-6-7-20(19)34)30-22(10-16)33-11-15-4-3-5-18(17(15)12-33)24(25,26)27/h3-5,9-10,13-14,19-20,34H,6-8,11-12H2,1-2H3,(H,29,30)/t14-,19+,20-/m1/s1. The van der Waals surface area contributed by atoms with Crippen molar-refractivity contribution in [1.29, 1.82) is 0 Å². The predicted molar refractivity (Wildman–Crippen MR) is 121 cm³/mol. The van der Waals surface area contributed by atoms with Crippen LogP contribution >= 0.6 is 0 Å². The van der Waals surface area contributed by atoms with Gasteiger partial charge >= 0.3 is 6.18 Å². The van der Waals surface area contributed by atoms with Crippen LogP contribution in [0.2, 0.25) is 0 Å². The van der Waals surface area contributed by atoms with Crippen molar-refractivity contribution >= 4 is 11.6 Å². The summed E-state index contributed by atoms with van der Waals surface area (Å²) in [4.78, 5) is 6.61. The van der Waals surface area contributed by atoms with E-state index in [0.29, 0.717) is 35.7 Å². The van der Waals surface area contributed by atoms with Crippen molar-refractivity contribution in [3.05, 3.63) is 64.7 Å². The van der Waals surface area contributed by atoms with Gasteiger partial charge in [-0.25, -0.2) is 4.98 Å². The third-order valence-electron chi connectivity index (χ3n) is 6.88. The molecule has 34 heavy (non-hydrogen) atoms. The molecule has 1 fully saturated rings. The van der Waals surface area contributed by atoms with Gasteiger partial charge in [-0.15, -0.1) is 10.2 Å². The topological polar surface area (TPSA) is 79.1 Å². The second kappa shape index (κ2) is 8.57. The summed E-state index contributed by atoms with van der Waals surface area (Å²) >= 11 is 0. The van der Waals surface area contributed by atoms with Crippen LogP contribution in [0.25, 0.3) is 0 Å². The highest BCUT2D eigenvalue weighted by molar-refractivity contribution is 5.56. The molecule has 3 aromatic rings. The Balaban J connectivity index is 1.46. The lowest BCUT2D eigenvalue weighted by Gasteiger charge is -2.34. The van der Waals surface area contributed by atoms with Gasteiger partial charge in [-0.1, -0.05) is 19.1 Å². The van der Waals surface area contributed by atoms with Crippen LogP contribution in [0, 0.1) is 0 Å². The molecule has 5 rings (SSSR count). The lowest BCUT2D eigenvalue weighted by Crippen LogP contribution is -2.43. The summed E-state index contributed by atoms with van der Waals surface area (Å²) in [6.07, 6.45) is -0.909. The molecule has 1 saturated carbocycles. The molecule has 1 aliphatic carbocycles. The quantitative estimate of drug-likeness (QED) is 0.564. The largest absolute Gasteiger partial charge is 0.416 e. The van der Waals surface area contributed by atoms with E-state index in [4.69, 9.17) is 4.98 Å². The summed E-state index contributed by atoms with van der Waals surface area (Å²) in [5.41, 5.74) is 1.38. The lowest BCUT2D eigenvalue weighted by molar-refractivity contribution is -0.138. The summed E-state index contributed by atoms with van der Waals surface area (Å²) in [6, 6.07) is 8.18. The van der Waals surface area contributed by atoms with Gasteiger partial charge in [0, 0.05) is 26.6 Å². The van der Waals surface area contributed by atoms with Crippen LogP contribution in [-0.4, -0.2) is 37.0 Å². The SMILES string of the molecule is C[C@H](Cc1nncn1C)c1cc(N[C@H]2CC[C@H]2O)nc(N2Cc3cccc(C(F)(F)F)c3C2)c1. The molecule has 2 aliphatic rings. The number of aliphatic hydroxyl groups is 1. The fraction of sp³-hybridized carbons (Fsp3) is 0.458. The molecule has 0 radical (unpaired) electrons. The number of nitrogens with one attached hydrogen (secondary N) is 1. The highest BCUT2D eigenvalue weighted by Gasteiger charge is 2.37. The van der Waals surface area contributed by atoms with Gasteiger partial charge in [0.25, 0.3) is 0 Å². The van der Waals surface area contributed by atoms with Crippen molar-refractivity contribution in [3.63, 3.8) is 0 Å². The van der Waals surface area contributed by atoms with Crippen LogP contribution in [0.1, 0.15) is 53.8 Å². The van der Waals surface area contributed by atoms with Gasteiger partial charge in [-0.05, 0) is 53.6 Å². The summed E-state index contributed by atoms with van der Waals surface area (Å²) in [5, 5.41) is 21.5. The third-order valence-corrected chi connectivity index (χ3v) is 6.88. The van der Waals surface area contributed by atoms with Gasteiger partial charge in [0.1, 0.15) is 23.8 Å². The van der Waals surface area contributed by atoms with Gasteiger partial charge in [0.15, 0.2) is 0 Å². The monoisotopic (exact) mass is 472 g/mol. The Hall–Kier alpha value is -3.14. The zero-order valence-electron chi connectivity index (χ0n) is 19.0. The predicted octanol–water partition coefficient (Wildman–Crippen LogP) is 4.03. The molecule has 0 spiro atoms. The molecular weight excluding hydrogens is 445 g/mol. The Bertz CT molecular complexity index is 1190. The number of pyridine rings is 1. The molecule has 7 nitrogen and oxygen atoms in total. The van der Waals surface area contributed by atoms with Gasteiger partial charge in [0.05, 0.1) is 17.7 Å². The third kappa shape index (κ3) is 4.34. The Labute approximate surface area is 195 Å². The Morgan fingerprint density at radius 2 is 2.03 bits per heavy atom. The van der Waals surface area contributed by atoms with Crippen LogP contribution in [0.5, 0.6) is 0 Å². The molecule has 3 atom stereocenters. The maximum atomic E-state index is 13.6. The fourth-order valence-corrected chi connectivity index (χ4v) is 4.63. The second-order valence-electron chi connectivity index (χ2n) is 9.30. The van der Waals surface area contributed by atoms with E-state index in [-0.39, 0.29) is 18.5 Å². The van der Waals surface area contributed by atoms with Crippen molar-refractivity contribution in [1.82, 2.24) is 19.7 Å². The average Bonchev–Trinajstić information content (AvgIpc) is 3.41. The number of hydrogen-bond donors (Lipinski definition) is 2. The normalized spacial score (nSPS) is 20.7. The summed E-state index contributed by atoms with van der Waals surface area (Å²) < 4.78 is 42.6. The molecule has 1 aliphatic heterocycles. The van der Waals surface area contributed by atoms with Crippen molar-refractivity contribution < 1.29 is 18.3 Å². The van der Waals surface area contributed by atoms with E-state index in [1.165, 1.54) is 6.07 Å². The minimum Gasteiger partial charge on any atom is -0.391 e. The number of nitrogens with zero attached hydrogens (tertiary/aromatic N) is 5. The van der Waals surface area contributed by atoms with E-state index in [1.54, 1.807) is 12.4 Å². The van der Waals surface area contributed by atoms with E-state index in [0.717, 1.165) is 30.3 Å². The summed E-state index contributed by atoms with van der Waals surface area (Å²) in [6.45, 7) is 2.58. The van der Waals surface area contributed by atoms with Crippen LogP contribution in [0.4, 0.5) is 24.8 Å². The van der Waals surface area contributed by atoms with E-state index in [9.17, 15) is 18.3 Å². The van der Waals surface area contributed by atoms with Crippen LogP contribution in [0.15, 0.2) is 36.7 Å². The molecule has 0 amide bonds. The molecule has 0 bridgehead atoms. The number of hydrogen-bond acceptors (Lipinski definition) is 6. The highest BCUT2D eigenvalue weighted by atomic mass is 19.4. The molecule has 180 valence electrons. The molecule has 10 heteroatoms. The van der Waals surface area contributed by atoms with Crippen LogP contribution < -0.4 is 10.2 Å². The highest BCUT2D eigenvalue weighted by Crippen LogP contribution is 2.39. The first-order chi connectivity index (χ1) is 16.2. The first-order valence-corrected chi connectivity index (χ1v) is 11.4. The maximum absolute atomic E-state index is 13.6. The first-order valence-electron chi connectivity index (χ1n) is 11.4. The smallest absolute Gasteiger partial charge is 0.391 e. The van der Waals surface area contributed by atoms with Gasteiger partial charge in [-0.2, -0.15) is 13.2 Å². The Kier molecular flexibility index (Phi) is 5.71. The zero-order valence-corrected chi connectivity index (χ0v) is 19.0. The van der Waals surface area contributed by atoms with Crippen molar-refractivity contribution in [3.8, 4) is 0 Å². The number of anilines is 2. The molecule has 0 saturated heterocycles. The van der Waals surface area contributed by atoms with Crippen molar-refractivity contribution in [2.45, 2.75) is 63.5 Å². The number of halogens is 3. The minimum atomic E-state index is -4.39. The minimum absolute atomic E-state index is 0.0720. The number of benzene rings is 1.